The molecule has 0 saturated heterocycles. The molecule has 23 heavy (non-hydrogen) atoms. The highest BCUT2D eigenvalue weighted by molar-refractivity contribution is 6.29. The summed E-state index contributed by atoms with van der Waals surface area (Å²) in [6.07, 6.45) is 0.334. The molecule has 8 heteroatoms. The van der Waals surface area contributed by atoms with E-state index < -0.39 is 6.43 Å². The monoisotopic (exact) mass is 333 g/mol. The zero-order valence-corrected chi connectivity index (χ0v) is 12.4. The third kappa shape index (κ3) is 3.75. The Morgan fingerprint density at radius 3 is 2.70 bits per heavy atom. The summed E-state index contributed by atoms with van der Waals surface area (Å²) in [5.41, 5.74) is 1.06. The van der Waals surface area contributed by atoms with E-state index in [0.29, 0.717) is 22.2 Å². The average Bonchev–Trinajstić information content (AvgIpc) is 2.55. The van der Waals surface area contributed by atoms with Crippen molar-refractivity contribution in [2.75, 3.05) is 5.32 Å². The van der Waals surface area contributed by atoms with E-state index in [4.69, 9.17) is 11.6 Å². The lowest BCUT2D eigenvalue weighted by molar-refractivity contribution is 0.151. The second-order valence-electron chi connectivity index (χ2n) is 4.55. The molecule has 0 saturated carbocycles. The van der Waals surface area contributed by atoms with Crippen molar-refractivity contribution in [1.82, 2.24) is 19.9 Å². The van der Waals surface area contributed by atoms with Crippen LogP contribution in [0, 0.1) is 0 Å². The van der Waals surface area contributed by atoms with Crippen LogP contribution in [-0.4, -0.2) is 19.9 Å². The number of alkyl halides is 2. The third-order valence-electron chi connectivity index (χ3n) is 2.95. The minimum Gasteiger partial charge on any atom is -0.324 e. The topological polar surface area (TPSA) is 63.6 Å². The highest BCUT2D eigenvalue weighted by atomic mass is 35.5. The molecule has 3 aromatic rings. The van der Waals surface area contributed by atoms with Gasteiger partial charge in [-0.15, -0.1) is 0 Å². The molecule has 5 nitrogen and oxygen atoms in total. The summed E-state index contributed by atoms with van der Waals surface area (Å²) >= 11 is 5.84. The van der Waals surface area contributed by atoms with Crippen LogP contribution < -0.4 is 5.32 Å². The number of hydrogen-bond donors (Lipinski definition) is 1. The van der Waals surface area contributed by atoms with Crippen LogP contribution in [0.3, 0.4) is 0 Å². The van der Waals surface area contributed by atoms with Crippen LogP contribution in [0.15, 0.2) is 48.9 Å². The molecule has 2 heterocycles. The molecule has 1 N–H and O–H groups in total. The molecule has 3 rings (SSSR count). The van der Waals surface area contributed by atoms with Crippen molar-refractivity contribution in [3.05, 3.63) is 59.6 Å². The number of hydrogen-bond acceptors (Lipinski definition) is 5. The first kappa shape index (κ1) is 15.2. The van der Waals surface area contributed by atoms with E-state index in [1.54, 1.807) is 24.4 Å². The van der Waals surface area contributed by atoms with Gasteiger partial charge in [0.2, 0.25) is 5.95 Å². The van der Waals surface area contributed by atoms with Gasteiger partial charge >= 0.3 is 0 Å². The van der Waals surface area contributed by atoms with Crippen LogP contribution in [0.5, 0.6) is 0 Å². The summed E-state index contributed by atoms with van der Waals surface area (Å²) in [5, 5.41) is 3.20. The van der Waals surface area contributed by atoms with Gasteiger partial charge in [-0.25, -0.2) is 23.7 Å². The molecular formula is C15H10ClF2N5. The van der Waals surface area contributed by atoms with E-state index in [2.05, 4.69) is 25.3 Å². The zero-order valence-electron chi connectivity index (χ0n) is 11.6. The maximum Gasteiger partial charge on any atom is 0.263 e. The van der Waals surface area contributed by atoms with Crippen molar-refractivity contribution in [2.24, 2.45) is 0 Å². The van der Waals surface area contributed by atoms with Crippen molar-refractivity contribution in [2.45, 2.75) is 6.43 Å². The molecule has 0 spiro atoms. The number of nitrogens with zero attached hydrogens (tertiary/aromatic N) is 4. The van der Waals surface area contributed by atoms with Gasteiger partial charge < -0.3 is 5.32 Å². The Bertz CT molecular complexity index is 828. The van der Waals surface area contributed by atoms with Crippen molar-refractivity contribution >= 4 is 23.2 Å². The maximum absolute atomic E-state index is 12.7. The number of benzene rings is 1. The number of nitrogens with one attached hydrogen (secondary N) is 1. The molecule has 1 aromatic carbocycles. The maximum atomic E-state index is 12.7. The zero-order chi connectivity index (χ0) is 16.2. The first-order chi connectivity index (χ1) is 11.1. The van der Waals surface area contributed by atoms with E-state index in [0.717, 1.165) is 0 Å². The Labute approximate surface area is 135 Å². The largest absolute Gasteiger partial charge is 0.324 e. The van der Waals surface area contributed by atoms with E-state index in [9.17, 15) is 8.78 Å². The normalized spacial score (nSPS) is 10.8. The molecule has 0 aliphatic rings. The quantitative estimate of drug-likeness (QED) is 0.722. The lowest BCUT2D eigenvalue weighted by Crippen LogP contribution is -2.00. The number of rotatable bonds is 4. The van der Waals surface area contributed by atoms with E-state index in [1.165, 1.54) is 24.5 Å². The van der Waals surface area contributed by atoms with Crippen LogP contribution in [0.25, 0.3) is 11.4 Å². The van der Waals surface area contributed by atoms with Gasteiger partial charge in [0, 0.05) is 23.0 Å². The lowest BCUT2D eigenvalue weighted by Gasteiger charge is -2.07. The molecule has 0 bridgehead atoms. The second kappa shape index (κ2) is 6.62. The molecule has 0 fully saturated rings. The van der Waals surface area contributed by atoms with Crippen molar-refractivity contribution in [3.63, 3.8) is 0 Å². The third-order valence-corrected chi connectivity index (χ3v) is 3.16. The molecule has 116 valence electrons. The Balaban J connectivity index is 1.87. The van der Waals surface area contributed by atoms with Gasteiger partial charge in [-0.3, -0.25) is 0 Å². The van der Waals surface area contributed by atoms with Crippen LogP contribution in [0.2, 0.25) is 5.15 Å². The van der Waals surface area contributed by atoms with E-state index >= 15 is 0 Å². The molecule has 0 aliphatic heterocycles. The highest BCUT2D eigenvalue weighted by Gasteiger charge is 2.09. The summed E-state index contributed by atoms with van der Waals surface area (Å²) in [4.78, 5) is 16.2. The molecule has 0 aliphatic carbocycles. The highest BCUT2D eigenvalue weighted by Crippen LogP contribution is 2.23. The molecule has 0 unspecified atom stereocenters. The van der Waals surface area contributed by atoms with Crippen molar-refractivity contribution in [1.29, 1.82) is 0 Å². The lowest BCUT2D eigenvalue weighted by atomic mass is 10.2. The van der Waals surface area contributed by atoms with Crippen LogP contribution in [-0.2, 0) is 0 Å². The fourth-order valence-corrected chi connectivity index (χ4v) is 2.09. The summed E-state index contributed by atoms with van der Waals surface area (Å²) in [5.74, 6) is 0.645. The molecule has 0 atom stereocenters. The molecular weight excluding hydrogens is 324 g/mol. The van der Waals surface area contributed by atoms with Gasteiger partial charge in [-0.2, -0.15) is 4.98 Å². The minimum absolute atomic E-state index is 0.0785. The summed E-state index contributed by atoms with van der Waals surface area (Å²) in [6, 6.07) is 9.22. The number of aromatic nitrogens is 4. The van der Waals surface area contributed by atoms with Crippen LogP contribution in [0.1, 0.15) is 12.0 Å². The first-order valence-electron chi connectivity index (χ1n) is 6.58. The van der Waals surface area contributed by atoms with E-state index in [-0.39, 0.29) is 11.5 Å². The van der Waals surface area contributed by atoms with E-state index in [1.807, 2.05) is 0 Å². The predicted molar refractivity (Wildman–Crippen MR) is 82.7 cm³/mol. The van der Waals surface area contributed by atoms with Gasteiger partial charge in [0.1, 0.15) is 11.5 Å². The summed E-state index contributed by atoms with van der Waals surface area (Å²) < 4.78 is 25.4. The molecule has 0 amide bonds. The second-order valence-corrected chi connectivity index (χ2v) is 4.94. The Morgan fingerprint density at radius 2 is 1.91 bits per heavy atom. The SMILES string of the molecule is FC(F)c1cccc(Nc2ncnc(-c3ccnc(Cl)c3)n2)c1. The fraction of sp³-hybridized carbons (Fsp3) is 0.0667. The predicted octanol–water partition coefficient (Wildman–Crippen LogP) is 4.27. The summed E-state index contributed by atoms with van der Waals surface area (Å²) in [6.45, 7) is 0. The number of anilines is 2. The Morgan fingerprint density at radius 1 is 1.04 bits per heavy atom. The number of pyridine rings is 1. The smallest absolute Gasteiger partial charge is 0.263 e. The summed E-state index contributed by atoms with van der Waals surface area (Å²) in [7, 11) is 0. The standard InChI is InChI=1S/C15H10ClF2N5/c16-12-7-10(4-5-19-12)14-20-8-21-15(23-14)22-11-3-1-2-9(6-11)13(17)18/h1-8,13H,(H,20,21,22,23). The van der Waals surface area contributed by atoms with Gasteiger partial charge in [-0.1, -0.05) is 23.7 Å². The first-order valence-corrected chi connectivity index (χ1v) is 6.96. The Kier molecular flexibility index (Phi) is 4.38. The van der Waals surface area contributed by atoms with Crippen LogP contribution in [0.4, 0.5) is 20.4 Å². The molecule has 2 aromatic heterocycles. The van der Waals surface area contributed by atoms with Gasteiger partial charge in [0.25, 0.3) is 6.43 Å². The van der Waals surface area contributed by atoms with Gasteiger partial charge in [-0.05, 0) is 24.3 Å². The number of halogens is 3. The Hall–Kier alpha value is -2.67. The van der Waals surface area contributed by atoms with Gasteiger partial charge in [0.05, 0.1) is 0 Å². The minimum atomic E-state index is -2.54. The fourth-order valence-electron chi connectivity index (χ4n) is 1.92. The average molecular weight is 334 g/mol. The van der Waals surface area contributed by atoms with Crippen LogP contribution >= 0.6 is 11.6 Å². The van der Waals surface area contributed by atoms with Crippen molar-refractivity contribution < 1.29 is 8.78 Å². The molecule has 0 radical (unpaired) electrons. The van der Waals surface area contributed by atoms with Crippen molar-refractivity contribution in [3.8, 4) is 11.4 Å². The van der Waals surface area contributed by atoms with Gasteiger partial charge in [0.15, 0.2) is 5.82 Å².